The fourth-order valence-corrected chi connectivity index (χ4v) is 4.26. The first kappa shape index (κ1) is 16.6. The summed E-state index contributed by atoms with van der Waals surface area (Å²) < 4.78 is 40.8. The second-order valence-corrected chi connectivity index (χ2v) is 7.10. The van der Waals surface area contributed by atoms with E-state index in [1.165, 1.54) is 6.20 Å². The van der Waals surface area contributed by atoms with Gasteiger partial charge in [-0.25, -0.2) is 4.98 Å². The Bertz CT molecular complexity index is 855. The molecular weight excluding hydrogens is 401 g/mol. The third-order valence-electron chi connectivity index (χ3n) is 4.88. The van der Waals surface area contributed by atoms with Gasteiger partial charge in [-0.3, -0.25) is 4.79 Å². The van der Waals surface area contributed by atoms with E-state index in [0.29, 0.717) is 30.9 Å². The molecule has 2 fully saturated rings. The number of halogens is 4. The second-order valence-electron chi connectivity index (χ2n) is 6.31. The highest BCUT2D eigenvalue weighted by Gasteiger charge is 2.67. The number of fused-ring (bicyclic) bond motifs is 1. The van der Waals surface area contributed by atoms with Crippen LogP contribution in [0.3, 0.4) is 0 Å². The minimum absolute atomic E-state index is 0.210. The lowest BCUT2D eigenvalue weighted by Gasteiger charge is -2.29. The monoisotopic (exact) mass is 414 g/mol. The summed E-state index contributed by atoms with van der Waals surface area (Å²) in [5, 5.41) is 4.11. The maximum atomic E-state index is 13.2. The molecule has 0 spiro atoms. The van der Waals surface area contributed by atoms with Crippen molar-refractivity contribution in [1.29, 1.82) is 0 Å². The van der Waals surface area contributed by atoms with Crippen LogP contribution in [0, 0.1) is 11.8 Å². The number of aromatic nitrogens is 3. The highest BCUT2D eigenvalue weighted by Crippen LogP contribution is 2.58. The Morgan fingerprint density at radius 3 is 2.76 bits per heavy atom. The average Bonchev–Trinajstić information content (AvgIpc) is 3.33. The van der Waals surface area contributed by atoms with E-state index in [0.717, 1.165) is 4.68 Å². The predicted molar refractivity (Wildman–Crippen MR) is 88.7 cm³/mol. The van der Waals surface area contributed by atoms with Gasteiger partial charge >= 0.3 is 6.18 Å². The van der Waals surface area contributed by atoms with Crippen molar-refractivity contribution in [3.63, 3.8) is 0 Å². The molecule has 1 aliphatic heterocycles. The summed E-state index contributed by atoms with van der Waals surface area (Å²) in [5.74, 6) is -1.35. The molecule has 2 aromatic heterocycles. The first-order chi connectivity index (χ1) is 11.9. The largest absolute Gasteiger partial charge is 0.394 e. The van der Waals surface area contributed by atoms with Gasteiger partial charge in [0.1, 0.15) is 4.47 Å². The highest BCUT2D eigenvalue weighted by atomic mass is 79.9. The Labute approximate surface area is 149 Å². The van der Waals surface area contributed by atoms with Gasteiger partial charge in [-0.2, -0.15) is 23.0 Å². The van der Waals surface area contributed by atoms with Crippen LogP contribution in [0.5, 0.6) is 0 Å². The summed E-state index contributed by atoms with van der Waals surface area (Å²) in [6.45, 7) is 0.487. The second kappa shape index (κ2) is 5.82. The maximum Gasteiger partial charge on any atom is 0.394 e. The number of pyridine rings is 1. The third kappa shape index (κ3) is 2.74. The number of alkyl halides is 3. The van der Waals surface area contributed by atoms with E-state index < -0.39 is 23.7 Å². The zero-order valence-corrected chi connectivity index (χ0v) is 14.5. The summed E-state index contributed by atoms with van der Waals surface area (Å²) in [6.07, 6.45) is 0.0125. The van der Waals surface area contributed by atoms with Crippen molar-refractivity contribution in [3.8, 4) is 5.82 Å². The maximum absolute atomic E-state index is 13.2. The Balaban J connectivity index is 1.70. The topological polar surface area (TPSA) is 51.0 Å². The third-order valence-corrected chi connectivity index (χ3v) is 5.62. The molecule has 9 heteroatoms. The van der Waals surface area contributed by atoms with Gasteiger partial charge in [-0.1, -0.05) is 6.07 Å². The summed E-state index contributed by atoms with van der Waals surface area (Å²) in [5.41, 5.74) is -0.0267. The number of hydrogen-bond donors (Lipinski definition) is 0. The molecule has 1 saturated carbocycles. The zero-order chi connectivity index (χ0) is 17.8. The lowest BCUT2D eigenvalue weighted by Crippen LogP contribution is -2.36. The standard InChI is InChI=1S/C16H14BrF3N4O/c17-13-10(8-22-24(15(13)25)11-5-1-2-6-21-11)23-7-3-4-9-12(14(9)23)16(18,19)20/h1-2,5-6,8-9,12,14H,3-4,7H2. The number of nitrogens with zero attached hydrogens (tertiary/aromatic N) is 4. The van der Waals surface area contributed by atoms with E-state index in [1.54, 1.807) is 29.3 Å². The van der Waals surface area contributed by atoms with Crippen LogP contribution < -0.4 is 10.5 Å². The zero-order valence-electron chi connectivity index (χ0n) is 12.9. The van der Waals surface area contributed by atoms with Gasteiger partial charge in [0.15, 0.2) is 5.82 Å². The molecule has 0 N–H and O–H groups in total. The van der Waals surface area contributed by atoms with Crippen molar-refractivity contribution in [2.24, 2.45) is 11.8 Å². The summed E-state index contributed by atoms with van der Waals surface area (Å²) in [4.78, 5) is 18.3. The van der Waals surface area contributed by atoms with Crippen LogP contribution in [0.2, 0.25) is 0 Å². The summed E-state index contributed by atoms with van der Waals surface area (Å²) in [6, 6.07) is 4.48. The molecule has 0 bridgehead atoms. The molecule has 2 aliphatic rings. The molecule has 1 saturated heterocycles. The predicted octanol–water partition coefficient (Wildman–Crippen LogP) is 3.17. The molecular formula is C16H14BrF3N4O. The van der Waals surface area contributed by atoms with Crippen LogP contribution in [-0.4, -0.2) is 33.5 Å². The van der Waals surface area contributed by atoms with Gasteiger partial charge in [0.25, 0.3) is 5.56 Å². The first-order valence-electron chi connectivity index (χ1n) is 7.92. The van der Waals surface area contributed by atoms with Crippen molar-refractivity contribution in [2.75, 3.05) is 11.4 Å². The lowest BCUT2D eigenvalue weighted by atomic mass is 10.1. The molecule has 0 radical (unpaired) electrons. The van der Waals surface area contributed by atoms with Gasteiger partial charge in [-0.15, -0.1) is 0 Å². The van der Waals surface area contributed by atoms with Crippen LogP contribution in [0.25, 0.3) is 5.82 Å². The average molecular weight is 415 g/mol. The number of anilines is 1. The van der Waals surface area contributed by atoms with Crippen LogP contribution in [-0.2, 0) is 0 Å². The normalized spacial score (nSPS) is 25.6. The van der Waals surface area contributed by atoms with Crippen molar-refractivity contribution < 1.29 is 13.2 Å². The smallest absolute Gasteiger partial charge is 0.365 e. The SMILES string of the molecule is O=c1c(Br)c(N2CCCC3C2C3C(F)(F)F)cnn1-c1ccccn1. The van der Waals surface area contributed by atoms with E-state index in [-0.39, 0.29) is 10.4 Å². The molecule has 4 rings (SSSR count). The number of piperidine rings is 1. The Hall–Kier alpha value is -1.90. The highest BCUT2D eigenvalue weighted by molar-refractivity contribution is 9.10. The van der Waals surface area contributed by atoms with Gasteiger partial charge in [0.05, 0.1) is 17.8 Å². The molecule has 25 heavy (non-hydrogen) atoms. The van der Waals surface area contributed by atoms with Gasteiger partial charge < -0.3 is 4.90 Å². The summed E-state index contributed by atoms with van der Waals surface area (Å²) >= 11 is 3.26. The van der Waals surface area contributed by atoms with Gasteiger partial charge in [0, 0.05) is 18.8 Å². The van der Waals surface area contributed by atoms with Crippen molar-refractivity contribution in [3.05, 3.63) is 45.4 Å². The summed E-state index contributed by atoms with van der Waals surface area (Å²) in [7, 11) is 0. The Morgan fingerprint density at radius 1 is 1.28 bits per heavy atom. The van der Waals surface area contributed by atoms with E-state index in [9.17, 15) is 18.0 Å². The number of hydrogen-bond acceptors (Lipinski definition) is 4. The Morgan fingerprint density at radius 2 is 2.08 bits per heavy atom. The minimum atomic E-state index is -4.21. The van der Waals surface area contributed by atoms with Crippen molar-refractivity contribution >= 4 is 21.6 Å². The van der Waals surface area contributed by atoms with E-state index in [1.807, 2.05) is 0 Å². The fourth-order valence-electron chi connectivity index (χ4n) is 3.76. The van der Waals surface area contributed by atoms with E-state index >= 15 is 0 Å². The van der Waals surface area contributed by atoms with E-state index in [2.05, 4.69) is 26.0 Å². The molecule has 3 atom stereocenters. The van der Waals surface area contributed by atoms with Crippen molar-refractivity contribution in [2.45, 2.75) is 25.1 Å². The van der Waals surface area contributed by atoms with Gasteiger partial charge in [0.2, 0.25) is 0 Å². The van der Waals surface area contributed by atoms with E-state index in [4.69, 9.17) is 0 Å². The molecule has 3 heterocycles. The fraction of sp³-hybridized carbons (Fsp3) is 0.438. The molecule has 132 valence electrons. The molecule has 3 unspecified atom stereocenters. The van der Waals surface area contributed by atoms with Crippen LogP contribution in [0.15, 0.2) is 39.9 Å². The van der Waals surface area contributed by atoms with Crippen molar-refractivity contribution in [1.82, 2.24) is 14.8 Å². The first-order valence-corrected chi connectivity index (χ1v) is 8.71. The molecule has 0 aromatic carbocycles. The molecule has 2 aromatic rings. The van der Waals surface area contributed by atoms with Gasteiger partial charge in [-0.05, 0) is 46.8 Å². The number of rotatable bonds is 2. The quantitative estimate of drug-likeness (QED) is 0.757. The minimum Gasteiger partial charge on any atom is -0.365 e. The van der Waals surface area contributed by atoms with Crippen LogP contribution >= 0.6 is 15.9 Å². The molecule has 1 aliphatic carbocycles. The lowest BCUT2D eigenvalue weighted by molar-refractivity contribution is -0.151. The molecule has 0 amide bonds. The molecule has 5 nitrogen and oxygen atoms in total. The Kier molecular flexibility index (Phi) is 3.86. The van der Waals surface area contributed by atoms with Crippen LogP contribution in [0.1, 0.15) is 12.8 Å². The van der Waals surface area contributed by atoms with Crippen LogP contribution in [0.4, 0.5) is 18.9 Å².